The number of aromatic nitrogens is 1. The first-order valence-corrected chi connectivity index (χ1v) is 10.9. The van der Waals surface area contributed by atoms with Crippen molar-refractivity contribution in [2.75, 3.05) is 0 Å². The molecule has 0 aliphatic rings. The van der Waals surface area contributed by atoms with Gasteiger partial charge in [-0.15, -0.1) is 0 Å². The van der Waals surface area contributed by atoms with Gasteiger partial charge in [0.15, 0.2) is 11.9 Å². The van der Waals surface area contributed by atoms with Crippen molar-refractivity contribution in [2.45, 2.75) is 26.7 Å². The average molecular weight is 418 g/mol. The molecule has 3 aromatic carbocycles. The topological polar surface area (TPSA) is 21.4 Å². The van der Waals surface area contributed by atoms with Crippen molar-refractivity contribution < 1.29 is 8.98 Å². The van der Waals surface area contributed by atoms with Crippen molar-refractivity contribution in [3.63, 3.8) is 0 Å². The fraction of sp³-hybridized carbons (Fsp3) is 0.172. The lowest BCUT2D eigenvalue weighted by Gasteiger charge is -2.09. The van der Waals surface area contributed by atoms with Crippen LogP contribution < -0.4 is 4.57 Å². The second-order valence-corrected chi connectivity index (χ2v) is 8.66. The van der Waals surface area contributed by atoms with Crippen LogP contribution in [-0.4, -0.2) is 0 Å². The third-order valence-corrected chi connectivity index (χ3v) is 6.29. The second-order valence-electron chi connectivity index (χ2n) is 8.66. The van der Waals surface area contributed by atoms with E-state index in [-0.39, 0.29) is 0 Å². The number of hydrogen-bond donors (Lipinski definition) is 0. The Morgan fingerprint density at radius 2 is 1.53 bits per heavy atom. The van der Waals surface area contributed by atoms with E-state index in [9.17, 15) is 0 Å². The van der Waals surface area contributed by atoms with Crippen molar-refractivity contribution >= 4 is 27.6 Å². The summed E-state index contributed by atoms with van der Waals surface area (Å²) in [7, 11) is 2.05. The third-order valence-electron chi connectivity index (χ3n) is 6.29. The summed E-state index contributed by atoms with van der Waals surface area (Å²) >= 11 is 0. The van der Waals surface area contributed by atoms with Crippen molar-refractivity contribution in [2.24, 2.45) is 7.05 Å². The highest BCUT2D eigenvalue weighted by molar-refractivity contribution is 6.15. The Bertz CT molecular complexity index is 1520. The molecule has 0 saturated carbocycles. The molecule has 0 fully saturated rings. The van der Waals surface area contributed by atoms with Gasteiger partial charge in [-0.1, -0.05) is 62.4 Å². The number of furan rings is 1. The summed E-state index contributed by atoms with van der Waals surface area (Å²) in [5.74, 6) is 0.462. The summed E-state index contributed by atoms with van der Waals surface area (Å²) in [5, 5.41) is 2.11. The highest BCUT2D eigenvalue weighted by Crippen LogP contribution is 2.44. The van der Waals surface area contributed by atoms with Crippen LogP contribution in [0.15, 0.2) is 77.3 Å². The normalized spacial score (nSPS) is 11.4. The lowest BCUT2D eigenvalue weighted by atomic mass is 9.96. The van der Waals surface area contributed by atoms with Gasteiger partial charge in [0.2, 0.25) is 5.69 Å². The van der Waals surface area contributed by atoms with Gasteiger partial charge in [-0.25, -0.2) is 9.41 Å². The quantitative estimate of drug-likeness (QED) is 0.217. The lowest BCUT2D eigenvalue weighted by Crippen LogP contribution is -2.30. The molecule has 3 nitrogen and oxygen atoms in total. The van der Waals surface area contributed by atoms with Crippen LogP contribution >= 0.6 is 0 Å². The molecule has 32 heavy (non-hydrogen) atoms. The molecule has 0 aliphatic heterocycles. The van der Waals surface area contributed by atoms with E-state index < -0.39 is 0 Å². The molecule has 0 radical (unpaired) electrons. The van der Waals surface area contributed by atoms with Gasteiger partial charge in [-0.2, -0.15) is 0 Å². The van der Waals surface area contributed by atoms with E-state index in [1.807, 2.05) is 18.2 Å². The summed E-state index contributed by atoms with van der Waals surface area (Å²) in [4.78, 5) is 3.82. The van der Waals surface area contributed by atoms with Gasteiger partial charge in [0, 0.05) is 28.5 Å². The first kappa shape index (κ1) is 20.0. The third kappa shape index (κ3) is 3.08. The maximum Gasteiger partial charge on any atom is 0.216 e. The van der Waals surface area contributed by atoms with Crippen LogP contribution in [0.25, 0.3) is 49.2 Å². The molecule has 0 saturated heterocycles. The molecule has 0 aliphatic carbocycles. The van der Waals surface area contributed by atoms with E-state index in [1.54, 1.807) is 0 Å². The number of hydrogen-bond acceptors (Lipinski definition) is 1. The minimum atomic E-state index is 0.462. The van der Waals surface area contributed by atoms with Crippen LogP contribution in [0.5, 0.6) is 0 Å². The molecular weight excluding hydrogens is 392 g/mol. The molecule has 2 aromatic heterocycles. The fourth-order valence-corrected chi connectivity index (χ4v) is 4.50. The Morgan fingerprint density at radius 3 is 2.19 bits per heavy atom. The number of aryl methyl sites for hydroxylation is 2. The van der Waals surface area contributed by atoms with Crippen LogP contribution in [0.2, 0.25) is 0 Å². The van der Waals surface area contributed by atoms with Gasteiger partial charge in [-0.3, -0.25) is 0 Å². The molecule has 2 heterocycles. The van der Waals surface area contributed by atoms with Crippen LogP contribution in [0.1, 0.15) is 30.9 Å². The van der Waals surface area contributed by atoms with E-state index in [4.69, 9.17) is 11.0 Å². The van der Waals surface area contributed by atoms with Gasteiger partial charge in [-0.05, 0) is 35.6 Å². The Labute approximate surface area is 188 Å². The van der Waals surface area contributed by atoms with E-state index in [0.29, 0.717) is 11.6 Å². The summed E-state index contributed by atoms with van der Waals surface area (Å²) in [5.41, 5.74) is 8.75. The molecular formula is C29H25N2O+. The van der Waals surface area contributed by atoms with Crippen LogP contribution in [0, 0.1) is 13.5 Å². The molecule has 0 bridgehead atoms. The van der Waals surface area contributed by atoms with Gasteiger partial charge in [0.25, 0.3) is 0 Å². The first-order valence-electron chi connectivity index (χ1n) is 10.9. The van der Waals surface area contributed by atoms with Crippen LogP contribution in [-0.2, 0) is 7.05 Å². The molecule has 0 unspecified atom stereocenters. The van der Waals surface area contributed by atoms with Gasteiger partial charge in [0.1, 0.15) is 18.2 Å². The predicted molar refractivity (Wildman–Crippen MR) is 131 cm³/mol. The zero-order chi connectivity index (χ0) is 22.4. The highest BCUT2D eigenvalue weighted by atomic mass is 16.3. The van der Waals surface area contributed by atoms with Crippen molar-refractivity contribution in [3.05, 3.63) is 95.5 Å². The summed E-state index contributed by atoms with van der Waals surface area (Å²) in [6.07, 6.45) is 2.05. The molecule has 0 amide bonds. The van der Waals surface area contributed by atoms with E-state index in [1.165, 1.54) is 5.56 Å². The minimum Gasteiger partial charge on any atom is -0.456 e. The van der Waals surface area contributed by atoms with Crippen molar-refractivity contribution in [1.82, 2.24) is 0 Å². The SMILES string of the molecule is [C-]#[N+]c1ccc2c(oc3c(-c4cccc[n+]4C)c(C)ccc32)c1-c1ccc(C(C)C)cc1. The van der Waals surface area contributed by atoms with Gasteiger partial charge in [0.05, 0.1) is 12.1 Å². The fourth-order valence-electron chi connectivity index (χ4n) is 4.50. The largest absolute Gasteiger partial charge is 0.456 e. The number of pyridine rings is 1. The molecule has 0 N–H and O–H groups in total. The Balaban J connectivity index is 1.85. The second kappa shape index (κ2) is 7.66. The molecule has 0 atom stereocenters. The maximum absolute atomic E-state index is 7.77. The summed E-state index contributed by atoms with van der Waals surface area (Å²) in [6, 6.07) is 22.9. The minimum absolute atomic E-state index is 0.462. The Kier molecular flexibility index (Phi) is 4.79. The number of rotatable bonds is 3. The maximum atomic E-state index is 7.77. The number of fused-ring (bicyclic) bond motifs is 3. The van der Waals surface area contributed by atoms with Gasteiger partial charge < -0.3 is 4.42 Å². The molecule has 156 valence electrons. The lowest BCUT2D eigenvalue weighted by molar-refractivity contribution is -0.660. The monoisotopic (exact) mass is 417 g/mol. The average Bonchev–Trinajstić information content (AvgIpc) is 3.17. The zero-order valence-electron chi connectivity index (χ0n) is 18.8. The molecule has 3 heteroatoms. The van der Waals surface area contributed by atoms with E-state index in [2.05, 4.69) is 92.0 Å². The standard InChI is InChI=1S/C29H25N2O/c1-18(2)20-10-12-21(13-11-20)27-24(30-4)16-15-23-22-14-9-19(3)26(28(22)32-29(23)27)25-8-6-7-17-31(25)5/h6-18H,1-3,5H3/q+1. The highest BCUT2D eigenvalue weighted by Gasteiger charge is 2.22. The van der Waals surface area contributed by atoms with Gasteiger partial charge >= 0.3 is 0 Å². The molecule has 0 spiro atoms. The predicted octanol–water partition coefficient (Wildman–Crippen LogP) is 7.73. The van der Waals surface area contributed by atoms with Crippen LogP contribution in [0.3, 0.4) is 0 Å². The molecule has 5 rings (SSSR count). The van der Waals surface area contributed by atoms with E-state index >= 15 is 0 Å². The number of nitrogens with zero attached hydrogens (tertiary/aromatic N) is 2. The van der Waals surface area contributed by atoms with Crippen molar-refractivity contribution in [3.8, 4) is 22.4 Å². The Morgan fingerprint density at radius 1 is 0.844 bits per heavy atom. The van der Waals surface area contributed by atoms with E-state index in [0.717, 1.165) is 49.9 Å². The summed E-state index contributed by atoms with van der Waals surface area (Å²) in [6.45, 7) is 14.3. The Hall–Kier alpha value is -3.90. The first-order chi connectivity index (χ1) is 15.5. The molecule has 5 aromatic rings. The number of benzene rings is 3. The van der Waals surface area contributed by atoms with Crippen molar-refractivity contribution in [1.29, 1.82) is 0 Å². The smallest absolute Gasteiger partial charge is 0.216 e. The summed E-state index contributed by atoms with van der Waals surface area (Å²) < 4.78 is 8.74. The zero-order valence-corrected chi connectivity index (χ0v) is 18.8. The van der Waals surface area contributed by atoms with Crippen LogP contribution in [0.4, 0.5) is 5.69 Å².